The van der Waals surface area contributed by atoms with Crippen molar-refractivity contribution < 1.29 is 9.90 Å². The molecule has 3 N–H and O–H groups in total. The molecule has 0 unspecified atom stereocenters. The van der Waals surface area contributed by atoms with E-state index in [4.69, 9.17) is 5.73 Å². The van der Waals surface area contributed by atoms with Gasteiger partial charge in [0.1, 0.15) is 0 Å². The van der Waals surface area contributed by atoms with Gasteiger partial charge in [0.25, 0.3) is 0 Å². The summed E-state index contributed by atoms with van der Waals surface area (Å²) in [6, 6.07) is 0. The van der Waals surface area contributed by atoms with Crippen molar-refractivity contribution in [3.63, 3.8) is 0 Å². The standard InChI is InChI=1S/C17H27NO2/c1-15-7-13(6-12-4-3-5-12)8-16(15,2)17(10-15,11-18)9-14(19)20/h8,12H,3-7,9-11,18H2,1-2H3,(H,19,20)/t15-,16-,17+/m0/s1. The van der Waals surface area contributed by atoms with Crippen molar-refractivity contribution in [3.05, 3.63) is 11.6 Å². The Hall–Kier alpha value is -0.830. The van der Waals surface area contributed by atoms with Crippen LogP contribution < -0.4 is 5.73 Å². The summed E-state index contributed by atoms with van der Waals surface area (Å²) >= 11 is 0. The molecular weight excluding hydrogens is 250 g/mol. The van der Waals surface area contributed by atoms with Crippen LogP contribution in [-0.2, 0) is 4.79 Å². The van der Waals surface area contributed by atoms with Crippen LogP contribution in [-0.4, -0.2) is 17.6 Å². The first-order chi connectivity index (χ1) is 9.34. The molecule has 0 aromatic rings. The molecule has 3 nitrogen and oxygen atoms in total. The molecule has 0 spiro atoms. The molecule has 3 heteroatoms. The second-order valence-corrected chi connectivity index (χ2v) is 7.98. The predicted octanol–water partition coefficient (Wildman–Crippen LogP) is 3.34. The molecule has 3 atom stereocenters. The number of fused-ring (bicyclic) bond motifs is 1. The summed E-state index contributed by atoms with van der Waals surface area (Å²) in [5.74, 6) is 0.178. The van der Waals surface area contributed by atoms with E-state index in [2.05, 4.69) is 19.9 Å². The molecule has 0 radical (unpaired) electrons. The van der Waals surface area contributed by atoms with Gasteiger partial charge >= 0.3 is 5.97 Å². The smallest absolute Gasteiger partial charge is 0.303 e. The Kier molecular flexibility index (Phi) is 3.06. The first kappa shape index (κ1) is 14.1. The van der Waals surface area contributed by atoms with Crippen molar-refractivity contribution in [2.75, 3.05) is 6.54 Å². The molecular formula is C17H27NO2. The maximum Gasteiger partial charge on any atom is 0.303 e. The molecule has 0 heterocycles. The van der Waals surface area contributed by atoms with E-state index in [1.807, 2.05) is 0 Å². The lowest BCUT2D eigenvalue weighted by Crippen LogP contribution is -2.63. The molecule has 20 heavy (non-hydrogen) atoms. The molecule has 0 saturated heterocycles. The third kappa shape index (κ3) is 1.71. The number of rotatable bonds is 5. The van der Waals surface area contributed by atoms with Crippen LogP contribution in [0, 0.1) is 22.2 Å². The highest BCUT2D eigenvalue weighted by Gasteiger charge is 2.69. The van der Waals surface area contributed by atoms with Crippen molar-refractivity contribution >= 4 is 5.97 Å². The van der Waals surface area contributed by atoms with Gasteiger partial charge in [0.2, 0.25) is 0 Å². The highest BCUT2D eigenvalue weighted by molar-refractivity contribution is 5.69. The molecule has 0 aromatic carbocycles. The van der Waals surface area contributed by atoms with Crippen LogP contribution in [0.5, 0.6) is 0 Å². The van der Waals surface area contributed by atoms with Gasteiger partial charge in [-0.3, -0.25) is 4.79 Å². The summed E-state index contributed by atoms with van der Waals surface area (Å²) in [5, 5.41) is 9.25. The number of carboxylic acids is 1. The second kappa shape index (κ2) is 4.33. The van der Waals surface area contributed by atoms with Gasteiger partial charge in [-0.25, -0.2) is 0 Å². The molecule has 112 valence electrons. The van der Waals surface area contributed by atoms with E-state index in [1.165, 1.54) is 25.7 Å². The molecule has 3 aliphatic rings. The predicted molar refractivity (Wildman–Crippen MR) is 79.2 cm³/mol. The van der Waals surface area contributed by atoms with E-state index < -0.39 is 5.97 Å². The molecule has 2 fully saturated rings. The number of hydrogen-bond acceptors (Lipinski definition) is 2. The Balaban J connectivity index is 1.83. The zero-order chi connectivity index (χ0) is 14.6. The van der Waals surface area contributed by atoms with Gasteiger partial charge in [-0.05, 0) is 42.6 Å². The van der Waals surface area contributed by atoms with Crippen LogP contribution in [0.1, 0.15) is 58.8 Å². The number of hydrogen-bond donors (Lipinski definition) is 2. The van der Waals surface area contributed by atoms with E-state index in [9.17, 15) is 9.90 Å². The minimum atomic E-state index is -0.709. The summed E-state index contributed by atoms with van der Waals surface area (Å²) in [6.07, 6.45) is 10.1. The van der Waals surface area contributed by atoms with Gasteiger partial charge in [-0.2, -0.15) is 0 Å². The lowest BCUT2D eigenvalue weighted by Gasteiger charge is -2.66. The van der Waals surface area contributed by atoms with Gasteiger partial charge in [0.05, 0.1) is 6.42 Å². The van der Waals surface area contributed by atoms with Gasteiger partial charge in [-0.1, -0.05) is 44.8 Å². The monoisotopic (exact) mass is 277 g/mol. The molecule has 0 aromatic heterocycles. The zero-order valence-corrected chi connectivity index (χ0v) is 12.7. The normalized spacial score (nSPS) is 43.5. The molecule has 0 aliphatic heterocycles. The van der Waals surface area contributed by atoms with Crippen molar-refractivity contribution in [1.29, 1.82) is 0 Å². The zero-order valence-electron chi connectivity index (χ0n) is 12.7. The van der Waals surface area contributed by atoms with Crippen LogP contribution in [0.3, 0.4) is 0 Å². The van der Waals surface area contributed by atoms with Gasteiger partial charge in [0, 0.05) is 5.41 Å². The largest absolute Gasteiger partial charge is 0.481 e. The van der Waals surface area contributed by atoms with E-state index >= 15 is 0 Å². The summed E-state index contributed by atoms with van der Waals surface area (Å²) in [7, 11) is 0. The van der Waals surface area contributed by atoms with Gasteiger partial charge in [-0.15, -0.1) is 0 Å². The van der Waals surface area contributed by atoms with E-state index in [-0.39, 0.29) is 22.7 Å². The quantitative estimate of drug-likeness (QED) is 0.758. The number of nitrogens with two attached hydrogens (primary N) is 1. The molecule has 0 amide bonds. The summed E-state index contributed by atoms with van der Waals surface area (Å²) in [5.41, 5.74) is 7.57. The molecule has 3 aliphatic carbocycles. The summed E-state index contributed by atoms with van der Waals surface area (Å²) in [4.78, 5) is 11.2. The Morgan fingerprint density at radius 3 is 2.65 bits per heavy atom. The van der Waals surface area contributed by atoms with Crippen LogP contribution in [0.4, 0.5) is 0 Å². The number of carboxylic acid groups (broad SMARTS) is 1. The summed E-state index contributed by atoms with van der Waals surface area (Å²) < 4.78 is 0. The fraction of sp³-hybridized carbons (Fsp3) is 0.824. The number of aliphatic carboxylic acids is 1. The van der Waals surface area contributed by atoms with Crippen LogP contribution in [0.15, 0.2) is 11.6 Å². The summed E-state index contributed by atoms with van der Waals surface area (Å²) in [6.45, 7) is 5.06. The average molecular weight is 277 g/mol. The third-order valence-corrected chi connectivity index (χ3v) is 6.85. The minimum Gasteiger partial charge on any atom is -0.481 e. The van der Waals surface area contributed by atoms with Crippen molar-refractivity contribution in [3.8, 4) is 0 Å². The first-order valence-corrected chi connectivity index (χ1v) is 7.97. The average Bonchev–Trinajstić information content (AvgIpc) is 2.51. The Morgan fingerprint density at radius 1 is 1.45 bits per heavy atom. The van der Waals surface area contributed by atoms with Crippen LogP contribution in [0.2, 0.25) is 0 Å². The molecule has 0 bridgehead atoms. The lowest BCUT2D eigenvalue weighted by atomic mass is 9.38. The number of carbonyl (C=O) groups is 1. The Bertz CT molecular complexity index is 468. The topological polar surface area (TPSA) is 63.3 Å². The number of allylic oxidation sites excluding steroid dienone is 2. The molecule has 3 rings (SSSR count). The van der Waals surface area contributed by atoms with E-state index in [0.717, 1.165) is 18.8 Å². The Morgan fingerprint density at radius 2 is 2.15 bits per heavy atom. The first-order valence-electron chi connectivity index (χ1n) is 7.97. The van der Waals surface area contributed by atoms with Crippen LogP contribution in [0.25, 0.3) is 0 Å². The van der Waals surface area contributed by atoms with Crippen molar-refractivity contribution in [1.82, 2.24) is 0 Å². The fourth-order valence-electron chi connectivity index (χ4n) is 5.27. The SMILES string of the molecule is C[C@@]12CC(CC3CCC3)=C[C@]1(C)[C@](CN)(CC(=O)O)C2. The molecule has 2 saturated carbocycles. The Labute approximate surface area is 121 Å². The maximum atomic E-state index is 11.2. The highest BCUT2D eigenvalue weighted by atomic mass is 16.4. The van der Waals surface area contributed by atoms with Crippen molar-refractivity contribution in [2.45, 2.75) is 58.8 Å². The van der Waals surface area contributed by atoms with Crippen LogP contribution >= 0.6 is 0 Å². The fourth-order valence-corrected chi connectivity index (χ4v) is 5.27. The minimum absolute atomic E-state index is 0.0216. The lowest BCUT2D eigenvalue weighted by molar-refractivity contribution is -0.173. The van der Waals surface area contributed by atoms with Crippen molar-refractivity contribution in [2.24, 2.45) is 27.9 Å². The van der Waals surface area contributed by atoms with Gasteiger partial charge in [0.15, 0.2) is 0 Å². The third-order valence-electron chi connectivity index (χ3n) is 6.85. The highest BCUT2D eigenvalue weighted by Crippen LogP contribution is 2.75. The van der Waals surface area contributed by atoms with Gasteiger partial charge < -0.3 is 10.8 Å². The van der Waals surface area contributed by atoms with E-state index in [1.54, 1.807) is 5.57 Å². The maximum absolute atomic E-state index is 11.2. The van der Waals surface area contributed by atoms with E-state index in [0.29, 0.717) is 6.54 Å². The second-order valence-electron chi connectivity index (χ2n) is 7.98.